The van der Waals surface area contributed by atoms with E-state index in [4.69, 9.17) is 16.3 Å². The normalized spacial score (nSPS) is 11.1. The van der Waals surface area contributed by atoms with Crippen molar-refractivity contribution in [2.45, 2.75) is 6.54 Å². The van der Waals surface area contributed by atoms with E-state index in [1.54, 1.807) is 61.8 Å². The van der Waals surface area contributed by atoms with E-state index in [2.05, 4.69) is 15.4 Å². The van der Waals surface area contributed by atoms with Crippen LogP contribution in [-0.2, 0) is 6.54 Å². The van der Waals surface area contributed by atoms with Crippen molar-refractivity contribution in [1.82, 2.24) is 20.1 Å². The van der Waals surface area contributed by atoms with Crippen LogP contribution >= 0.6 is 11.6 Å². The van der Waals surface area contributed by atoms with Gasteiger partial charge in [-0.2, -0.15) is 0 Å². The number of halogens is 1. The lowest BCUT2D eigenvalue weighted by atomic mass is 10.1. The second kappa shape index (κ2) is 8.44. The first-order valence-corrected chi connectivity index (χ1v) is 10.6. The number of nitrogens with zero attached hydrogens (tertiary/aromatic N) is 2. The Bertz CT molecular complexity index is 1550. The van der Waals surface area contributed by atoms with Crippen LogP contribution in [0.2, 0.25) is 5.02 Å². The number of hydrogen-bond acceptors (Lipinski definition) is 4. The topological polar surface area (TPSA) is 89.0 Å². The highest BCUT2D eigenvalue weighted by molar-refractivity contribution is 6.30. The van der Waals surface area contributed by atoms with Gasteiger partial charge in [0, 0.05) is 28.7 Å². The number of pyridine rings is 1. The first-order valence-electron chi connectivity index (χ1n) is 10.2. The van der Waals surface area contributed by atoms with Crippen LogP contribution < -0.4 is 15.6 Å². The average Bonchev–Trinajstić information content (AvgIpc) is 3.19. The fourth-order valence-electron chi connectivity index (χ4n) is 3.74. The Labute approximate surface area is 193 Å². The molecule has 2 N–H and O–H groups in total. The maximum absolute atomic E-state index is 13.0. The van der Waals surface area contributed by atoms with Crippen LogP contribution in [0.3, 0.4) is 0 Å². The number of ether oxygens (including phenoxy) is 1. The number of H-pyrrole nitrogens is 1. The molecule has 8 heteroatoms. The van der Waals surface area contributed by atoms with Crippen LogP contribution in [0.15, 0.2) is 77.7 Å². The van der Waals surface area contributed by atoms with Crippen molar-refractivity contribution in [3.63, 3.8) is 0 Å². The van der Waals surface area contributed by atoms with E-state index in [9.17, 15) is 9.59 Å². The van der Waals surface area contributed by atoms with Gasteiger partial charge in [0.05, 0.1) is 29.2 Å². The largest absolute Gasteiger partial charge is 0.497 e. The molecular weight excluding hydrogens is 440 g/mol. The zero-order valence-electron chi connectivity index (χ0n) is 17.6. The zero-order valence-corrected chi connectivity index (χ0v) is 18.4. The summed E-state index contributed by atoms with van der Waals surface area (Å²) in [5.74, 6) is 0.467. The molecule has 164 valence electrons. The number of carbonyl (C=O) groups is 1. The van der Waals surface area contributed by atoms with Gasteiger partial charge in [0.15, 0.2) is 0 Å². The smallest absolute Gasteiger partial charge is 0.280 e. The molecule has 1 amide bonds. The van der Waals surface area contributed by atoms with Crippen LogP contribution in [0, 0.1) is 0 Å². The number of benzene rings is 3. The lowest BCUT2D eigenvalue weighted by Crippen LogP contribution is -2.22. The van der Waals surface area contributed by atoms with Gasteiger partial charge in [0.1, 0.15) is 5.75 Å². The lowest BCUT2D eigenvalue weighted by molar-refractivity contribution is 0.0951. The molecule has 0 unspecified atom stereocenters. The van der Waals surface area contributed by atoms with E-state index in [1.165, 1.54) is 4.68 Å². The minimum Gasteiger partial charge on any atom is -0.497 e. The lowest BCUT2D eigenvalue weighted by Gasteiger charge is -2.07. The summed E-state index contributed by atoms with van der Waals surface area (Å²) in [4.78, 5) is 30.2. The first-order chi connectivity index (χ1) is 16.0. The molecule has 2 heterocycles. The summed E-state index contributed by atoms with van der Waals surface area (Å²) in [5.41, 5.74) is 3.11. The number of fused-ring (bicyclic) bond motifs is 3. The molecule has 0 spiro atoms. The highest BCUT2D eigenvalue weighted by Gasteiger charge is 2.14. The molecule has 0 bridgehead atoms. The van der Waals surface area contributed by atoms with Crippen molar-refractivity contribution in [2.24, 2.45) is 0 Å². The fourth-order valence-corrected chi connectivity index (χ4v) is 3.96. The van der Waals surface area contributed by atoms with E-state index in [-0.39, 0.29) is 11.5 Å². The van der Waals surface area contributed by atoms with E-state index in [0.29, 0.717) is 50.4 Å². The molecule has 0 atom stereocenters. The molecule has 0 aliphatic carbocycles. The molecule has 0 saturated heterocycles. The summed E-state index contributed by atoms with van der Waals surface area (Å²) in [6, 6.07) is 19.7. The molecule has 0 aliphatic rings. The molecule has 33 heavy (non-hydrogen) atoms. The predicted octanol–water partition coefficient (Wildman–Crippen LogP) is 4.46. The number of nitrogens with one attached hydrogen (secondary N) is 2. The molecule has 2 aromatic heterocycles. The standard InChI is InChI=1S/C25H19ClN4O3/c1-33-19-8-6-18(7-9-19)30-25(32)21-14-27-22-10-5-16(12-20(22)23(21)29-30)24(31)28-13-15-3-2-4-17(26)11-15/h2-12,14,29H,13H2,1H3,(H,28,31). The van der Waals surface area contributed by atoms with Crippen molar-refractivity contribution in [3.8, 4) is 11.4 Å². The SMILES string of the molecule is COc1ccc(-n2[nH]c3c(cnc4ccc(C(=O)NCc5cccc(Cl)c5)cc43)c2=O)cc1. The Morgan fingerprint density at radius 1 is 1.09 bits per heavy atom. The minimum absolute atomic E-state index is 0.222. The number of amides is 1. The number of aromatic amines is 1. The second-order valence-electron chi connectivity index (χ2n) is 7.54. The summed E-state index contributed by atoms with van der Waals surface area (Å²) in [7, 11) is 1.59. The first kappa shape index (κ1) is 20.8. The van der Waals surface area contributed by atoms with Crippen molar-refractivity contribution in [3.05, 3.63) is 99.4 Å². The third-order valence-electron chi connectivity index (χ3n) is 5.46. The summed E-state index contributed by atoms with van der Waals surface area (Å²) in [6.45, 7) is 0.352. The molecule has 0 aliphatic heterocycles. The van der Waals surface area contributed by atoms with Gasteiger partial charge in [-0.05, 0) is 60.2 Å². The Hall–Kier alpha value is -4.10. The third-order valence-corrected chi connectivity index (χ3v) is 5.70. The quantitative estimate of drug-likeness (QED) is 0.407. The van der Waals surface area contributed by atoms with Crippen LogP contribution in [0.5, 0.6) is 5.75 Å². The van der Waals surface area contributed by atoms with Crippen molar-refractivity contribution < 1.29 is 9.53 Å². The molecular formula is C25H19ClN4O3. The van der Waals surface area contributed by atoms with E-state index >= 15 is 0 Å². The van der Waals surface area contributed by atoms with Crippen LogP contribution in [-0.4, -0.2) is 27.8 Å². The molecule has 7 nitrogen and oxygen atoms in total. The molecule has 3 aromatic carbocycles. The maximum Gasteiger partial charge on any atom is 0.280 e. The number of hydrogen-bond donors (Lipinski definition) is 2. The van der Waals surface area contributed by atoms with Gasteiger partial charge in [0.25, 0.3) is 11.5 Å². The van der Waals surface area contributed by atoms with Gasteiger partial charge in [-0.15, -0.1) is 0 Å². The van der Waals surface area contributed by atoms with E-state index in [0.717, 1.165) is 5.56 Å². The van der Waals surface area contributed by atoms with Gasteiger partial charge in [-0.1, -0.05) is 23.7 Å². The third kappa shape index (κ3) is 3.94. The van der Waals surface area contributed by atoms with Gasteiger partial charge in [-0.25, -0.2) is 4.68 Å². The summed E-state index contributed by atoms with van der Waals surface area (Å²) < 4.78 is 6.64. The van der Waals surface area contributed by atoms with E-state index < -0.39 is 0 Å². The maximum atomic E-state index is 13.0. The van der Waals surface area contributed by atoms with E-state index in [1.807, 2.05) is 18.2 Å². The van der Waals surface area contributed by atoms with Crippen molar-refractivity contribution in [2.75, 3.05) is 7.11 Å². The van der Waals surface area contributed by atoms with Gasteiger partial charge in [0.2, 0.25) is 0 Å². The van der Waals surface area contributed by atoms with Gasteiger partial charge < -0.3 is 10.1 Å². The number of carbonyl (C=O) groups excluding carboxylic acids is 1. The van der Waals surface area contributed by atoms with Crippen molar-refractivity contribution in [1.29, 1.82) is 0 Å². The summed E-state index contributed by atoms with van der Waals surface area (Å²) in [6.07, 6.45) is 1.55. The molecule has 5 aromatic rings. The average molecular weight is 459 g/mol. The summed E-state index contributed by atoms with van der Waals surface area (Å²) >= 11 is 6.02. The Morgan fingerprint density at radius 3 is 2.67 bits per heavy atom. The number of rotatable bonds is 5. The molecule has 0 fully saturated rings. The van der Waals surface area contributed by atoms with Gasteiger partial charge in [-0.3, -0.25) is 19.7 Å². The minimum atomic E-state index is -0.231. The van der Waals surface area contributed by atoms with Crippen molar-refractivity contribution >= 4 is 39.3 Å². The monoisotopic (exact) mass is 458 g/mol. The number of methoxy groups -OCH3 is 1. The zero-order chi connectivity index (χ0) is 22.9. The fraction of sp³-hybridized carbons (Fsp3) is 0.0800. The molecule has 0 saturated carbocycles. The molecule has 5 rings (SSSR count). The Balaban J connectivity index is 1.51. The highest BCUT2D eigenvalue weighted by Crippen LogP contribution is 2.23. The highest BCUT2D eigenvalue weighted by atomic mass is 35.5. The van der Waals surface area contributed by atoms with Gasteiger partial charge >= 0.3 is 0 Å². The second-order valence-corrected chi connectivity index (χ2v) is 7.98. The molecule has 0 radical (unpaired) electrons. The van der Waals surface area contributed by atoms with Crippen LogP contribution in [0.25, 0.3) is 27.5 Å². The number of aromatic nitrogens is 3. The predicted molar refractivity (Wildman–Crippen MR) is 128 cm³/mol. The summed E-state index contributed by atoms with van der Waals surface area (Å²) in [5, 5.41) is 7.81. The Kier molecular flexibility index (Phi) is 5.32. The van der Waals surface area contributed by atoms with Crippen LogP contribution in [0.1, 0.15) is 15.9 Å². The van der Waals surface area contributed by atoms with Crippen LogP contribution in [0.4, 0.5) is 0 Å². The Morgan fingerprint density at radius 2 is 1.91 bits per heavy atom.